The van der Waals surface area contributed by atoms with Gasteiger partial charge in [-0.15, -0.1) is 0 Å². The van der Waals surface area contributed by atoms with Crippen LogP contribution >= 0.6 is 22.6 Å². The van der Waals surface area contributed by atoms with Crippen LogP contribution in [0.2, 0.25) is 0 Å². The Morgan fingerprint density at radius 3 is 2.62 bits per heavy atom. The largest absolute Gasteiger partial charge is 0.501 e. The van der Waals surface area contributed by atoms with Gasteiger partial charge in [0.05, 0.1) is 29.1 Å². The molecule has 0 aromatic carbocycles. The molecule has 0 aromatic rings. The normalized spacial score (nSPS) is 29.2. The number of halogens is 1. The summed E-state index contributed by atoms with van der Waals surface area (Å²) in [5.74, 6) is 2.12. The average Bonchev–Trinajstić information content (AvgIpc) is 3.17. The highest BCUT2D eigenvalue weighted by Gasteiger charge is 2.50. The number of hydrogen-bond donors (Lipinski definition) is 0. The Kier molecular flexibility index (Phi) is 8.76. The Balaban J connectivity index is 1.73. The molecular weight excluding hydrogens is 509 g/mol. The van der Waals surface area contributed by atoms with Crippen LogP contribution in [0.1, 0.15) is 72.6 Å². The number of methoxy groups -OCH3 is 1. The summed E-state index contributed by atoms with van der Waals surface area (Å²) < 4.78 is 13.1. The third-order valence-electron chi connectivity index (χ3n) is 8.11. The molecule has 3 nitrogen and oxygen atoms in total. The molecular formula is C28H44INO2. The fraction of sp³-hybridized carbons (Fsp3) is 0.714. The Morgan fingerprint density at radius 1 is 1.22 bits per heavy atom. The standard InChI is InChI=1S/C28H44INO2/c1-8-20-11-12-21(13-16-26(29)30(5)6)22(18-20)19-32-27(2,3)25-15-14-24(31-7)23-10-9-17-28(23,25)4/h11-12,14-15,22-23,26H,8-10,13,16-19H2,1-7H3/t22?,23?,26?,28-/m0/s1. The fourth-order valence-corrected chi connectivity index (χ4v) is 6.35. The molecule has 0 N–H and O–H groups in total. The molecule has 0 heterocycles. The van der Waals surface area contributed by atoms with Gasteiger partial charge < -0.3 is 9.47 Å². The summed E-state index contributed by atoms with van der Waals surface area (Å²) in [7, 11) is 6.16. The highest BCUT2D eigenvalue weighted by molar-refractivity contribution is 14.1. The predicted molar refractivity (Wildman–Crippen MR) is 144 cm³/mol. The van der Waals surface area contributed by atoms with Crippen LogP contribution in [0.4, 0.5) is 0 Å². The van der Waals surface area contributed by atoms with Gasteiger partial charge in [-0.1, -0.05) is 72.2 Å². The molecule has 4 heteroatoms. The van der Waals surface area contributed by atoms with E-state index in [0.29, 0.717) is 15.9 Å². The van der Waals surface area contributed by atoms with Crippen molar-refractivity contribution >= 4 is 22.6 Å². The number of rotatable bonds is 10. The zero-order valence-electron chi connectivity index (χ0n) is 21.3. The van der Waals surface area contributed by atoms with Gasteiger partial charge >= 0.3 is 0 Å². The first-order valence-electron chi connectivity index (χ1n) is 12.4. The summed E-state index contributed by atoms with van der Waals surface area (Å²) in [4.78, 5) is 2.31. The van der Waals surface area contributed by atoms with Gasteiger partial charge in [-0.05, 0) is 78.1 Å². The van der Waals surface area contributed by atoms with Crippen molar-refractivity contribution in [3.05, 3.63) is 46.8 Å². The van der Waals surface area contributed by atoms with Crippen molar-refractivity contribution in [1.29, 1.82) is 0 Å². The quantitative estimate of drug-likeness (QED) is 0.159. The summed E-state index contributed by atoms with van der Waals surface area (Å²) in [5.41, 5.74) is 4.42. The molecule has 0 aliphatic heterocycles. The summed E-state index contributed by atoms with van der Waals surface area (Å²) in [5, 5.41) is 0. The molecule has 4 atom stereocenters. The Hall–Kier alpha value is -0.590. The number of alkyl halides is 1. The summed E-state index contributed by atoms with van der Waals surface area (Å²) >= 11 is 2.56. The number of allylic oxidation sites excluding steroid dienone is 6. The third-order valence-corrected chi connectivity index (χ3v) is 9.85. The van der Waals surface area contributed by atoms with Gasteiger partial charge in [0, 0.05) is 17.3 Å². The van der Waals surface area contributed by atoms with Gasteiger partial charge in [0.25, 0.3) is 0 Å². The van der Waals surface area contributed by atoms with Crippen LogP contribution in [-0.2, 0) is 9.47 Å². The second-order valence-electron chi connectivity index (χ2n) is 10.8. The Labute approximate surface area is 210 Å². The van der Waals surface area contributed by atoms with Crippen molar-refractivity contribution in [2.75, 3.05) is 27.8 Å². The number of fused-ring (bicyclic) bond motifs is 1. The van der Waals surface area contributed by atoms with Crippen LogP contribution in [0.3, 0.4) is 0 Å². The highest BCUT2D eigenvalue weighted by atomic mass is 127. The van der Waals surface area contributed by atoms with Crippen LogP contribution < -0.4 is 0 Å². The maximum Gasteiger partial charge on any atom is 0.0994 e. The Bertz CT molecular complexity index is 791. The smallest absolute Gasteiger partial charge is 0.0994 e. The molecule has 0 spiro atoms. The minimum Gasteiger partial charge on any atom is -0.501 e. The lowest BCUT2D eigenvalue weighted by atomic mass is 9.65. The van der Waals surface area contributed by atoms with Gasteiger partial charge in [0.15, 0.2) is 0 Å². The van der Waals surface area contributed by atoms with Crippen LogP contribution in [0, 0.1) is 17.3 Å². The second kappa shape index (κ2) is 10.8. The molecule has 3 unspecified atom stereocenters. The predicted octanol–water partition coefficient (Wildman–Crippen LogP) is 7.44. The Morgan fingerprint density at radius 2 is 1.97 bits per heavy atom. The van der Waals surface area contributed by atoms with E-state index >= 15 is 0 Å². The van der Waals surface area contributed by atoms with Crippen molar-refractivity contribution in [1.82, 2.24) is 4.90 Å². The molecule has 1 fully saturated rings. The van der Waals surface area contributed by atoms with Crippen molar-refractivity contribution in [3.63, 3.8) is 0 Å². The molecule has 0 aromatic heterocycles. The van der Waals surface area contributed by atoms with Crippen LogP contribution in [-0.4, -0.2) is 42.4 Å². The van der Waals surface area contributed by atoms with Gasteiger partial charge in [0.1, 0.15) is 0 Å². The van der Waals surface area contributed by atoms with Gasteiger partial charge in [-0.2, -0.15) is 0 Å². The zero-order valence-corrected chi connectivity index (χ0v) is 23.5. The minimum atomic E-state index is -0.277. The number of hydrogen-bond acceptors (Lipinski definition) is 3. The molecule has 0 saturated heterocycles. The van der Waals surface area contributed by atoms with Gasteiger partial charge in [-0.3, -0.25) is 4.90 Å². The summed E-state index contributed by atoms with van der Waals surface area (Å²) in [6.45, 7) is 10.1. The van der Waals surface area contributed by atoms with Crippen LogP contribution in [0.5, 0.6) is 0 Å². The summed E-state index contributed by atoms with van der Waals surface area (Å²) in [6, 6.07) is 0. The van der Waals surface area contributed by atoms with Gasteiger partial charge in [0.2, 0.25) is 0 Å². The first-order valence-corrected chi connectivity index (χ1v) is 13.7. The molecule has 0 amide bonds. The van der Waals surface area contributed by atoms with Crippen LogP contribution in [0.25, 0.3) is 0 Å². The SMILES string of the molecule is CCC1=CC=C(CCC(I)N(C)C)C(COC(C)(C)C2=CC=C(OC)C3CCC[C@]23C)C1. The molecule has 0 bridgehead atoms. The van der Waals surface area contributed by atoms with Crippen molar-refractivity contribution in [2.24, 2.45) is 17.3 Å². The van der Waals surface area contributed by atoms with E-state index < -0.39 is 0 Å². The molecule has 3 aliphatic rings. The van der Waals surface area contributed by atoms with E-state index in [1.54, 1.807) is 11.1 Å². The van der Waals surface area contributed by atoms with Crippen molar-refractivity contribution in [2.45, 2.75) is 82.3 Å². The topological polar surface area (TPSA) is 21.7 Å². The van der Waals surface area contributed by atoms with E-state index in [1.165, 1.54) is 31.3 Å². The van der Waals surface area contributed by atoms with E-state index in [4.69, 9.17) is 9.47 Å². The zero-order chi connectivity index (χ0) is 23.5. The molecule has 32 heavy (non-hydrogen) atoms. The maximum absolute atomic E-state index is 6.81. The number of ether oxygens (including phenoxy) is 2. The number of nitrogens with zero attached hydrogens (tertiary/aromatic N) is 1. The van der Waals surface area contributed by atoms with Crippen molar-refractivity contribution < 1.29 is 9.47 Å². The van der Waals surface area contributed by atoms with E-state index in [0.717, 1.165) is 31.6 Å². The highest BCUT2D eigenvalue weighted by Crippen LogP contribution is 2.56. The fourth-order valence-electron chi connectivity index (χ4n) is 6.04. The lowest BCUT2D eigenvalue weighted by Crippen LogP contribution is -2.41. The molecule has 3 aliphatic carbocycles. The average molecular weight is 554 g/mol. The van der Waals surface area contributed by atoms with E-state index in [9.17, 15) is 0 Å². The summed E-state index contributed by atoms with van der Waals surface area (Å²) in [6.07, 6.45) is 17.5. The lowest BCUT2D eigenvalue weighted by Gasteiger charge is -2.45. The maximum atomic E-state index is 6.81. The molecule has 1 saturated carbocycles. The van der Waals surface area contributed by atoms with E-state index in [1.807, 2.05) is 7.11 Å². The van der Waals surface area contributed by atoms with E-state index in [2.05, 4.69) is 93.6 Å². The molecule has 0 radical (unpaired) electrons. The molecule has 180 valence electrons. The third kappa shape index (κ3) is 5.55. The minimum absolute atomic E-state index is 0.142. The lowest BCUT2D eigenvalue weighted by molar-refractivity contribution is -0.0228. The molecule has 3 rings (SSSR count). The first kappa shape index (κ1) is 26.0. The van der Waals surface area contributed by atoms with Crippen LogP contribution in [0.15, 0.2) is 46.8 Å². The van der Waals surface area contributed by atoms with Gasteiger partial charge in [-0.25, -0.2) is 0 Å². The first-order chi connectivity index (χ1) is 15.1. The van der Waals surface area contributed by atoms with Crippen molar-refractivity contribution in [3.8, 4) is 0 Å². The van der Waals surface area contributed by atoms with E-state index in [-0.39, 0.29) is 11.0 Å². The second-order valence-corrected chi connectivity index (χ2v) is 12.2. The monoisotopic (exact) mass is 553 g/mol.